The van der Waals surface area contributed by atoms with Crippen LogP contribution in [-0.2, 0) is 24.3 Å². The maximum atomic E-state index is 12.5. The topological polar surface area (TPSA) is 139 Å². The molecule has 0 spiro atoms. The SMILES string of the molecule is O=C[B]N1CCC[C@H](NC(=O)[C@@H]2C[C@H]3CN2C(=O)N3OS(=O)(=O)[O-])CC1. The van der Waals surface area contributed by atoms with Crippen LogP contribution in [0, 0.1) is 0 Å². The molecule has 143 valence electrons. The van der Waals surface area contributed by atoms with E-state index in [0.29, 0.717) is 18.0 Å². The Morgan fingerprint density at radius 1 is 1.35 bits per heavy atom. The van der Waals surface area contributed by atoms with Crippen molar-refractivity contribution in [3.05, 3.63) is 0 Å². The fourth-order valence-corrected chi connectivity index (χ4v) is 4.10. The largest absolute Gasteiger partial charge is 0.724 e. The van der Waals surface area contributed by atoms with Crippen molar-refractivity contribution >= 4 is 35.9 Å². The van der Waals surface area contributed by atoms with Gasteiger partial charge in [-0.3, -0.25) is 4.79 Å². The molecular formula is C13H19BN4O7S-. The number of carbonyl (C=O) groups is 3. The van der Waals surface area contributed by atoms with Crippen LogP contribution in [0.2, 0.25) is 0 Å². The van der Waals surface area contributed by atoms with Crippen molar-refractivity contribution in [2.45, 2.75) is 43.8 Å². The molecule has 0 aliphatic carbocycles. The first-order valence-corrected chi connectivity index (χ1v) is 9.70. The zero-order chi connectivity index (χ0) is 18.9. The number of nitrogens with zero attached hydrogens (tertiary/aromatic N) is 3. The third-order valence-corrected chi connectivity index (χ3v) is 5.24. The van der Waals surface area contributed by atoms with Gasteiger partial charge in [-0.05, 0) is 32.4 Å². The van der Waals surface area contributed by atoms with Gasteiger partial charge in [0.05, 0.1) is 12.2 Å². The molecule has 3 atom stereocenters. The van der Waals surface area contributed by atoms with Crippen molar-refractivity contribution in [3.63, 3.8) is 0 Å². The van der Waals surface area contributed by atoms with Crippen LogP contribution in [-0.4, -0.2) is 91.0 Å². The summed E-state index contributed by atoms with van der Waals surface area (Å²) in [6.45, 7) is 1.54. The highest BCUT2D eigenvalue weighted by atomic mass is 32.3. The van der Waals surface area contributed by atoms with E-state index in [-0.39, 0.29) is 24.9 Å². The summed E-state index contributed by atoms with van der Waals surface area (Å²) < 4.78 is 36.2. The number of urea groups is 1. The molecular weight excluding hydrogens is 367 g/mol. The molecule has 3 amide bonds. The lowest BCUT2D eigenvalue weighted by Crippen LogP contribution is -2.53. The molecule has 13 heteroatoms. The van der Waals surface area contributed by atoms with Gasteiger partial charge in [0.1, 0.15) is 6.04 Å². The molecule has 3 aliphatic heterocycles. The van der Waals surface area contributed by atoms with Crippen LogP contribution in [0.1, 0.15) is 25.7 Å². The van der Waals surface area contributed by atoms with Crippen LogP contribution in [0.25, 0.3) is 0 Å². The van der Waals surface area contributed by atoms with E-state index in [1.807, 2.05) is 4.81 Å². The fraction of sp³-hybridized carbons (Fsp3) is 0.769. The van der Waals surface area contributed by atoms with Crippen LogP contribution in [0.4, 0.5) is 4.79 Å². The number of fused-ring (bicyclic) bond motifs is 2. The summed E-state index contributed by atoms with van der Waals surface area (Å²) >= 11 is 0. The van der Waals surface area contributed by atoms with E-state index in [1.54, 1.807) is 0 Å². The molecule has 3 fully saturated rings. The van der Waals surface area contributed by atoms with Crippen molar-refractivity contribution in [2.24, 2.45) is 0 Å². The first-order chi connectivity index (χ1) is 12.3. The van der Waals surface area contributed by atoms with Gasteiger partial charge in [0.25, 0.3) is 7.41 Å². The van der Waals surface area contributed by atoms with Crippen LogP contribution < -0.4 is 5.32 Å². The van der Waals surface area contributed by atoms with Gasteiger partial charge in [-0.2, -0.15) is 9.35 Å². The number of amides is 3. The normalized spacial score (nSPS) is 29.6. The number of nitrogens with one attached hydrogen (secondary N) is 1. The average Bonchev–Trinajstić information content (AvgIpc) is 3.02. The Bertz CT molecular complexity index is 690. The van der Waals surface area contributed by atoms with Crippen molar-refractivity contribution in [2.75, 3.05) is 19.6 Å². The van der Waals surface area contributed by atoms with Crippen molar-refractivity contribution in [1.82, 2.24) is 20.1 Å². The summed E-state index contributed by atoms with van der Waals surface area (Å²) in [5.74, 6) is -0.303. The van der Waals surface area contributed by atoms with E-state index in [2.05, 4.69) is 9.60 Å². The Morgan fingerprint density at radius 2 is 2.12 bits per heavy atom. The fourth-order valence-electron chi connectivity index (χ4n) is 3.71. The van der Waals surface area contributed by atoms with E-state index in [0.717, 1.165) is 25.6 Å². The molecule has 2 bridgehead atoms. The summed E-state index contributed by atoms with van der Waals surface area (Å²) in [5, 5.41) is 3.46. The summed E-state index contributed by atoms with van der Waals surface area (Å²) in [6.07, 6.45) is 3.22. The van der Waals surface area contributed by atoms with Gasteiger partial charge in [-0.15, -0.1) is 0 Å². The monoisotopic (exact) mass is 386 g/mol. The minimum Gasteiger partial charge on any atom is -0.724 e. The molecule has 26 heavy (non-hydrogen) atoms. The number of hydrogen-bond donors (Lipinski definition) is 1. The standard InChI is InChI=1S/C13H20BN4O7S/c19-8-14-16-4-1-2-9(3-5-16)15-12(20)11-6-10-7-17(11)13(21)18(10)25-26(22,23)24/h8-11H,1-7H2,(H,15,20)(H,22,23,24)/p-1/t9-,10-,11-/m0/s1. The Balaban J connectivity index is 1.54. The van der Waals surface area contributed by atoms with Gasteiger partial charge in [0.15, 0.2) is 0 Å². The molecule has 0 unspecified atom stereocenters. The van der Waals surface area contributed by atoms with Crippen LogP contribution in [0.3, 0.4) is 0 Å². The number of hydroxylamine groups is 2. The Hall–Kier alpha value is -1.70. The molecule has 3 saturated heterocycles. The van der Waals surface area contributed by atoms with E-state index in [1.165, 1.54) is 12.3 Å². The predicted molar refractivity (Wildman–Crippen MR) is 86.8 cm³/mol. The lowest BCUT2D eigenvalue weighted by atomic mass is 9.94. The van der Waals surface area contributed by atoms with Gasteiger partial charge < -0.3 is 24.4 Å². The smallest absolute Gasteiger partial charge is 0.346 e. The average molecular weight is 386 g/mol. The highest BCUT2D eigenvalue weighted by molar-refractivity contribution is 7.80. The van der Waals surface area contributed by atoms with Crippen molar-refractivity contribution < 1.29 is 31.6 Å². The summed E-state index contributed by atoms with van der Waals surface area (Å²) in [4.78, 5) is 38.3. The van der Waals surface area contributed by atoms with Gasteiger partial charge in [0.2, 0.25) is 16.3 Å². The lowest BCUT2D eigenvalue weighted by Gasteiger charge is -2.31. The third-order valence-electron chi connectivity index (χ3n) is 4.90. The molecule has 3 aliphatic rings. The van der Waals surface area contributed by atoms with Gasteiger partial charge >= 0.3 is 6.03 Å². The number of rotatable bonds is 6. The van der Waals surface area contributed by atoms with Crippen molar-refractivity contribution in [3.8, 4) is 0 Å². The molecule has 1 N–H and O–H groups in total. The second-order valence-corrected chi connectivity index (χ2v) is 7.57. The zero-order valence-corrected chi connectivity index (χ0v) is 14.8. The van der Waals surface area contributed by atoms with Gasteiger partial charge in [-0.1, -0.05) is 0 Å². The maximum Gasteiger partial charge on any atom is 0.346 e. The molecule has 3 heterocycles. The Morgan fingerprint density at radius 3 is 2.77 bits per heavy atom. The lowest BCUT2D eigenvalue weighted by molar-refractivity contribution is -0.127. The molecule has 1 radical (unpaired) electrons. The van der Waals surface area contributed by atoms with E-state index >= 15 is 0 Å². The Kier molecular flexibility index (Phi) is 5.51. The number of hydrogen-bond acceptors (Lipinski definition) is 8. The molecule has 3 rings (SSSR count). The van der Waals surface area contributed by atoms with Gasteiger partial charge in [0, 0.05) is 19.0 Å². The van der Waals surface area contributed by atoms with Crippen LogP contribution in [0.5, 0.6) is 0 Å². The van der Waals surface area contributed by atoms with Gasteiger partial charge in [-0.25, -0.2) is 13.2 Å². The van der Waals surface area contributed by atoms with E-state index in [4.69, 9.17) is 0 Å². The molecule has 11 nitrogen and oxygen atoms in total. The second kappa shape index (κ2) is 7.51. The molecule has 0 saturated carbocycles. The first-order valence-electron chi connectivity index (χ1n) is 8.37. The second-order valence-electron chi connectivity index (χ2n) is 6.61. The predicted octanol–water partition coefficient (Wildman–Crippen LogP) is -1.96. The molecule has 0 aromatic rings. The molecule has 0 aromatic carbocycles. The maximum absolute atomic E-state index is 12.5. The summed E-state index contributed by atoms with van der Waals surface area (Å²) in [5.41, 5.74) is 0. The Labute approximate surface area is 151 Å². The highest BCUT2D eigenvalue weighted by Gasteiger charge is 2.52. The summed E-state index contributed by atoms with van der Waals surface area (Å²) in [7, 11) is -3.55. The molecule has 0 aromatic heterocycles. The van der Waals surface area contributed by atoms with Crippen LogP contribution >= 0.6 is 0 Å². The quantitative estimate of drug-likeness (QED) is 0.240. The summed E-state index contributed by atoms with van der Waals surface area (Å²) in [6, 6.07) is -2.21. The van der Waals surface area contributed by atoms with Crippen molar-refractivity contribution in [1.29, 1.82) is 0 Å². The minimum atomic E-state index is -5.04. The highest BCUT2D eigenvalue weighted by Crippen LogP contribution is 2.32. The number of carbonyl (C=O) groups excluding carboxylic acids is 3. The minimum absolute atomic E-state index is 0.0580. The van der Waals surface area contributed by atoms with Crippen LogP contribution in [0.15, 0.2) is 0 Å². The third kappa shape index (κ3) is 4.16. The zero-order valence-electron chi connectivity index (χ0n) is 13.9. The van der Waals surface area contributed by atoms with E-state index in [9.17, 15) is 27.4 Å². The van der Waals surface area contributed by atoms with E-state index < -0.39 is 28.5 Å². The first kappa shape index (κ1) is 19.1.